The molecule has 2 rings (SSSR count). The molecule has 3 N–H and O–H groups in total. The number of carbonyl (C=O) groups excluding carboxylic acids is 1. The molecule has 0 saturated heterocycles. The van der Waals surface area contributed by atoms with E-state index in [1.54, 1.807) is 0 Å². The number of amides is 1. The molecule has 24 heavy (non-hydrogen) atoms. The number of aryl methyl sites for hydroxylation is 1. The molecule has 0 aliphatic heterocycles. The van der Waals surface area contributed by atoms with Gasteiger partial charge < -0.3 is 15.8 Å². The molecule has 0 unspecified atom stereocenters. The normalized spacial score (nSPS) is 11.2. The van der Waals surface area contributed by atoms with Gasteiger partial charge in [-0.2, -0.15) is 0 Å². The number of benzene rings is 2. The molecule has 0 heterocycles. The molecule has 4 heteroatoms. The van der Waals surface area contributed by atoms with Crippen molar-refractivity contribution in [1.82, 2.24) is 5.32 Å². The van der Waals surface area contributed by atoms with Gasteiger partial charge in [0.25, 0.3) is 0 Å². The Morgan fingerprint density at radius 1 is 1.12 bits per heavy atom. The van der Waals surface area contributed by atoms with Gasteiger partial charge in [-0.05, 0) is 62.9 Å². The molecule has 0 radical (unpaired) electrons. The highest BCUT2D eigenvalue weighted by molar-refractivity contribution is 5.79. The van der Waals surface area contributed by atoms with Crippen molar-refractivity contribution in [2.24, 2.45) is 0 Å². The number of ether oxygens (including phenoxy) is 1. The second-order valence-electron chi connectivity index (χ2n) is 7.02. The Kier molecular flexibility index (Phi) is 5.17. The molecule has 0 aliphatic carbocycles. The zero-order valence-electron chi connectivity index (χ0n) is 15.1. The third-order valence-corrected chi connectivity index (χ3v) is 3.85. The van der Waals surface area contributed by atoms with Crippen molar-refractivity contribution in [3.63, 3.8) is 0 Å². The summed E-state index contributed by atoms with van der Waals surface area (Å²) in [6, 6.07) is 12.1. The zero-order valence-corrected chi connectivity index (χ0v) is 15.1. The van der Waals surface area contributed by atoms with Gasteiger partial charge in [-0.15, -0.1) is 0 Å². The highest BCUT2D eigenvalue weighted by Gasteiger charge is 2.16. The summed E-state index contributed by atoms with van der Waals surface area (Å²) in [5.41, 5.74) is 12.0. The van der Waals surface area contributed by atoms with Gasteiger partial charge in [0.15, 0.2) is 0 Å². The van der Waals surface area contributed by atoms with Crippen LogP contribution in [0, 0.1) is 13.8 Å². The topological polar surface area (TPSA) is 64.3 Å². The van der Waals surface area contributed by atoms with Crippen molar-refractivity contribution in [3.8, 4) is 11.1 Å². The lowest BCUT2D eigenvalue weighted by Gasteiger charge is -2.19. The molecule has 0 aliphatic rings. The van der Waals surface area contributed by atoms with Crippen LogP contribution in [0.15, 0.2) is 36.4 Å². The summed E-state index contributed by atoms with van der Waals surface area (Å²) in [6.45, 7) is 10.1. The van der Waals surface area contributed by atoms with Gasteiger partial charge in [-0.25, -0.2) is 4.79 Å². The lowest BCUT2D eigenvalue weighted by Crippen LogP contribution is -2.32. The average Bonchev–Trinajstić information content (AvgIpc) is 2.47. The third-order valence-electron chi connectivity index (χ3n) is 3.85. The van der Waals surface area contributed by atoms with Gasteiger partial charge in [-0.3, -0.25) is 0 Å². The average molecular weight is 326 g/mol. The van der Waals surface area contributed by atoms with Crippen LogP contribution in [-0.2, 0) is 11.3 Å². The fraction of sp³-hybridized carbons (Fsp3) is 0.350. The number of alkyl carbamates (subject to hydrolysis) is 1. The highest BCUT2D eigenvalue weighted by atomic mass is 16.6. The van der Waals surface area contributed by atoms with Crippen LogP contribution in [0.5, 0.6) is 0 Å². The van der Waals surface area contributed by atoms with E-state index in [0.29, 0.717) is 12.2 Å². The van der Waals surface area contributed by atoms with Crippen LogP contribution in [0.4, 0.5) is 10.5 Å². The molecule has 0 bridgehead atoms. The van der Waals surface area contributed by atoms with E-state index in [2.05, 4.69) is 31.3 Å². The van der Waals surface area contributed by atoms with E-state index < -0.39 is 11.7 Å². The maximum absolute atomic E-state index is 11.7. The second-order valence-corrected chi connectivity index (χ2v) is 7.02. The van der Waals surface area contributed by atoms with Crippen LogP contribution in [0.3, 0.4) is 0 Å². The molecule has 128 valence electrons. The Morgan fingerprint density at radius 3 is 2.46 bits per heavy atom. The predicted molar refractivity (Wildman–Crippen MR) is 98.8 cm³/mol. The number of nitrogens with one attached hydrogen (secondary N) is 1. The molecular formula is C20H26N2O2. The Balaban J connectivity index is 2.13. The first-order valence-electron chi connectivity index (χ1n) is 8.09. The van der Waals surface area contributed by atoms with Gasteiger partial charge in [-0.1, -0.05) is 30.3 Å². The monoisotopic (exact) mass is 326 g/mol. The summed E-state index contributed by atoms with van der Waals surface area (Å²) >= 11 is 0. The van der Waals surface area contributed by atoms with Crippen LogP contribution in [-0.4, -0.2) is 11.7 Å². The molecular weight excluding hydrogens is 300 g/mol. The third kappa shape index (κ3) is 4.51. The minimum absolute atomic E-state index is 0.381. The van der Waals surface area contributed by atoms with Crippen molar-refractivity contribution in [2.45, 2.75) is 46.8 Å². The van der Waals surface area contributed by atoms with E-state index >= 15 is 0 Å². The van der Waals surface area contributed by atoms with E-state index in [9.17, 15) is 4.79 Å². The fourth-order valence-corrected chi connectivity index (χ4v) is 2.50. The smallest absolute Gasteiger partial charge is 0.407 e. The minimum atomic E-state index is -0.504. The molecule has 2 aromatic carbocycles. The van der Waals surface area contributed by atoms with Crippen LogP contribution >= 0.6 is 0 Å². The van der Waals surface area contributed by atoms with E-state index in [4.69, 9.17) is 10.5 Å². The van der Waals surface area contributed by atoms with Crippen molar-refractivity contribution in [1.29, 1.82) is 0 Å². The number of nitrogen functional groups attached to an aromatic ring is 1. The Labute approximate surface area is 144 Å². The Morgan fingerprint density at radius 2 is 1.83 bits per heavy atom. The van der Waals surface area contributed by atoms with Crippen LogP contribution in [0.25, 0.3) is 11.1 Å². The Hall–Kier alpha value is -2.49. The molecule has 0 atom stereocenters. The van der Waals surface area contributed by atoms with Crippen LogP contribution < -0.4 is 11.1 Å². The zero-order chi connectivity index (χ0) is 17.9. The molecule has 2 aromatic rings. The first-order valence-corrected chi connectivity index (χ1v) is 8.09. The summed E-state index contributed by atoms with van der Waals surface area (Å²) in [5.74, 6) is 0. The summed E-state index contributed by atoms with van der Waals surface area (Å²) in [6.07, 6.45) is -0.431. The summed E-state index contributed by atoms with van der Waals surface area (Å²) in [4.78, 5) is 11.7. The molecule has 4 nitrogen and oxygen atoms in total. The number of hydrogen-bond donors (Lipinski definition) is 2. The molecule has 0 saturated carbocycles. The number of nitrogens with two attached hydrogens (primary N) is 1. The first kappa shape index (κ1) is 17.9. The standard InChI is InChI=1S/C20H26N2O2/c1-13-7-6-8-16(14(13)2)17-10-9-15(11-18(17)21)12-22-19(23)24-20(3,4)5/h6-11H,12,21H2,1-5H3,(H,22,23). The van der Waals surface area contributed by atoms with E-state index in [-0.39, 0.29) is 0 Å². The van der Waals surface area contributed by atoms with Crippen LogP contribution in [0.2, 0.25) is 0 Å². The highest BCUT2D eigenvalue weighted by Crippen LogP contribution is 2.30. The number of hydrogen-bond acceptors (Lipinski definition) is 3. The maximum atomic E-state index is 11.7. The quantitative estimate of drug-likeness (QED) is 0.812. The van der Waals surface area contributed by atoms with E-state index in [0.717, 1.165) is 16.7 Å². The van der Waals surface area contributed by atoms with Gasteiger partial charge in [0.2, 0.25) is 0 Å². The number of rotatable bonds is 3. The van der Waals surface area contributed by atoms with Crippen molar-refractivity contribution >= 4 is 11.8 Å². The van der Waals surface area contributed by atoms with Crippen molar-refractivity contribution in [3.05, 3.63) is 53.1 Å². The lowest BCUT2D eigenvalue weighted by molar-refractivity contribution is 0.0523. The summed E-state index contributed by atoms with van der Waals surface area (Å²) in [7, 11) is 0. The maximum Gasteiger partial charge on any atom is 0.407 e. The largest absolute Gasteiger partial charge is 0.444 e. The first-order chi connectivity index (χ1) is 11.2. The number of carbonyl (C=O) groups is 1. The predicted octanol–water partition coefficient (Wildman–Crippen LogP) is 4.58. The SMILES string of the molecule is Cc1cccc(-c2ccc(CNC(=O)OC(C)(C)C)cc2N)c1C. The number of anilines is 1. The van der Waals surface area contributed by atoms with Crippen molar-refractivity contribution in [2.75, 3.05) is 5.73 Å². The minimum Gasteiger partial charge on any atom is -0.444 e. The lowest BCUT2D eigenvalue weighted by atomic mass is 9.95. The van der Waals surface area contributed by atoms with Gasteiger partial charge in [0.1, 0.15) is 5.60 Å². The van der Waals surface area contributed by atoms with E-state index in [1.165, 1.54) is 11.1 Å². The molecule has 0 fully saturated rings. The van der Waals surface area contributed by atoms with Gasteiger partial charge in [0, 0.05) is 17.8 Å². The van der Waals surface area contributed by atoms with Crippen LogP contribution in [0.1, 0.15) is 37.5 Å². The Bertz CT molecular complexity index is 746. The van der Waals surface area contributed by atoms with E-state index in [1.807, 2.05) is 45.0 Å². The van der Waals surface area contributed by atoms with Gasteiger partial charge >= 0.3 is 6.09 Å². The second kappa shape index (κ2) is 6.95. The fourth-order valence-electron chi connectivity index (χ4n) is 2.50. The summed E-state index contributed by atoms with van der Waals surface area (Å²) < 4.78 is 5.23. The molecule has 0 aromatic heterocycles. The molecule has 0 spiro atoms. The van der Waals surface area contributed by atoms with Crippen molar-refractivity contribution < 1.29 is 9.53 Å². The van der Waals surface area contributed by atoms with Gasteiger partial charge in [0.05, 0.1) is 0 Å². The molecule has 1 amide bonds. The summed E-state index contributed by atoms with van der Waals surface area (Å²) in [5, 5.41) is 2.75.